The van der Waals surface area contributed by atoms with Gasteiger partial charge in [-0.05, 0) is 24.3 Å². The maximum absolute atomic E-state index is 14.2. The fourth-order valence-corrected chi connectivity index (χ4v) is 3.10. The molecule has 0 spiro atoms. The molecule has 0 saturated carbocycles. The smallest absolute Gasteiger partial charge is 0.262 e. The zero-order valence-electron chi connectivity index (χ0n) is 14.3. The second-order valence-corrected chi connectivity index (χ2v) is 6.99. The van der Waals surface area contributed by atoms with Gasteiger partial charge in [-0.3, -0.25) is 9.59 Å². The molecule has 2 heterocycles. The molecular formula is C18H17BrFN3O4. The van der Waals surface area contributed by atoms with Crippen molar-refractivity contribution in [2.45, 2.75) is 12.6 Å². The van der Waals surface area contributed by atoms with Gasteiger partial charge in [-0.25, -0.2) is 4.39 Å². The van der Waals surface area contributed by atoms with Crippen LogP contribution in [0.5, 0.6) is 0 Å². The summed E-state index contributed by atoms with van der Waals surface area (Å²) >= 11 is 3.17. The maximum atomic E-state index is 14.2. The summed E-state index contributed by atoms with van der Waals surface area (Å²) in [4.78, 5) is 25.2. The van der Waals surface area contributed by atoms with Crippen LogP contribution in [-0.4, -0.2) is 32.1 Å². The second-order valence-electron chi connectivity index (χ2n) is 6.07. The Labute approximate surface area is 161 Å². The van der Waals surface area contributed by atoms with E-state index < -0.39 is 24.1 Å². The molecule has 3 N–H and O–H groups in total. The number of rotatable bonds is 5. The molecule has 9 heteroatoms. The Morgan fingerprint density at radius 3 is 2.63 bits per heavy atom. The van der Waals surface area contributed by atoms with Gasteiger partial charge in [-0.2, -0.15) is 0 Å². The lowest BCUT2D eigenvalue weighted by atomic mass is 10.2. The molecule has 3 rings (SSSR count). The SMILES string of the molecule is Cn1c(=O)cc(Nc2ccc(Br)cc2F)c2c(=O)n(C[C@@H](O)CO)ccc21. The van der Waals surface area contributed by atoms with Crippen LogP contribution in [0.3, 0.4) is 0 Å². The zero-order valence-corrected chi connectivity index (χ0v) is 15.9. The van der Waals surface area contributed by atoms with E-state index in [-0.39, 0.29) is 28.9 Å². The molecule has 0 amide bonds. The van der Waals surface area contributed by atoms with E-state index in [1.165, 1.54) is 40.6 Å². The van der Waals surface area contributed by atoms with Crippen LogP contribution >= 0.6 is 15.9 Å². The van der Waals surface area contributed by atoms with Gasteiger partial charge in [-0.15, -0.1) is 0 Å². The number of hydrogen-bond donors (Lipinski definition) is 3. The Morgan fingerprint density at radius 2 is 1.96 bits per heavy atom. The molecule has 0 saturated heterocycles. The number of halogens is 2. The Kier molecular flexibility index (Phi) is 5.45. The fraction of sp³-hybridized carbons (Fsp3) is 0.222. The Hall–Kier alpha value is -2.49. The quantitative estimate of drug-likeness (QED) is 0.564. The highest BCUT2D eigenvalue weighted by molar-refractivity contribution is 9.10. The molecule has 0 aliphatic heterocycles. The number of hydrogen-bond acceptors (Lipinski definition) is 5. The van der Waals surface area contributed by atoms with Gasteiger partial charge in [0.2, 0.25) is 0 Å². The third-order valence-electron chi connectivity index (χ3n) is 4.19. The molecule has 0 fully saturated rings. The third kappa shape index (κ3) is 3.80. The third-order valence-corrected chi connectivity index (χ3v) is 4.68. The van der Waals surface area contributed by atoms with Crippen LogP contribution in [0.4, 0.5) is 15.8 Å². The van der Waals surface area contributed by atoms with Crippen molar-refractivity contribution in [3.8, 4) is 0 Å². The summed E-state index contributed by atoms with van der Waals surface area (Å²) in [5, 5.41) is 21.6. The van der Waals surface area contributed by atoms with E-state index in [2.05, 4.69) is 21.2 Å². The van der Waals surface area contributed by atoms with Crippen molar-refractivity contribution >= 4 is 38.2 Å². The van der Waals surface area contributed by atoms with E-state index in [9.17, 15) is 19.1 Å². The Balaban J connectivity index is 2.21. The topological polar surface area (TPSA) is 96.5 Å². The predicted octanol–water partition coefficient (Wildman–Crippen LogP) is 1.70. The number of aryl methyl sites for hydroxylation is 1. The largest absolute Gasteiger partial charge is 0.394 e. The number of pyridine rings is 2. The van der Waals surface area contributed by atoms with Crippen LogP contribution in [0.2, 0.25) is 0 Å². The highest BCUT2D eigenvalue weighted by Gasteiger charge is 2.15. The number of anilines is 2. The number of benzene rings is 1. The minimum Gasteiger partial charge on any atom is -0.394 e. The molecule has 0 unspecified atom stereocenters. The lowest BCUT2D eigenvalue weighted by Crippen LogP contribution is -2.30. The van der Waals surface area contributed by atoms with Gasteiger partial charge < -0.3 is 24.7 Å². The number of fused-ring (bicyclic) bond motifs is 1. The van der Waals surface area contributed by atoms with Crippen molar-refractivity contribution in [2.75, 3.05) is 11.9 Å². The van der Waals surface area contributed by atoms with E-state index in [0.717, 1.165) is 0 Å². The summed E-state index contributed by atoms with van der Waals surface area (Å²) in [6, 6.07) is 7.16. The van der Waals surface area contributed by atoms with Crippen molar-refractivity contribution in [2.24, 2.45) is 7.05 Å². The molecular weight excluding hydrogens is 421 g/mol. The number of nitrogens with zero attached hydrogens (tertiary/aromatic N) is 2. The average Bonchev–Trinajstić information content (AvgIpc) is 2.63. The van der Waals surface area contributed by atoms with Crippen molar-refractivity contribution in [1.29, 1.82) is 0 Å². The van der Waals surface area contributed by atoms with Gasteiger partial charge in [0.15, 0.2) is 0 Å². The van der Waals surface area contributed by atoms with Gasteiger partial charge in [0.05, 0.1) is 41.5 Å². The number of aliphatic hydroxyl groups excluding tert-OH is 2. The van der Waals surface area contributed by atoms with Crippen LogP contribution < -0.4 is 16.4 Å². The minimum atomic E-state index is -1.10. The first-order valence-corrected chi connectivity index (χ1v) is 8.85. The fourth-order valence-electron chi connectivity index (χ4n) is 2.77. The Morgan fingerprint density at radius 1 is 1.22 bits per heavy atom. The van der Waals surface area contributed by atoms with Crippen LogP contribution in [0.15, 0.2) is 50.6 Å². The summed E-state index contributed by atoms with van der Waals surface area (Å²) in [7, 11) is 1.53. The minimum absolute atomic E-state index is 0.109. The molecule has 142 valence electrons. The van der Waals surface area contributed by atoms with E-state index >= 15 is 0 Å². The summed E-state index contributed by atoms with van der Waals surface area (Å²) in [6.07, 6.45) is 0.334. The van der Waals surface area contributed by atoms with Crippen molar-refractivity contribution in [1.82, 2.24) is 9.13 Å². The van der Waals surface area contributed by atoms with E-state index in [1.807, 2.05) is 0 Å². The monoisotopic (exact) mass is 437 g/mol. The van der Waals surface area contributed by atoms with E-state index in [0.29, 0.717) is 9.99 Å². The molecule has 0 radical (unpaired) electrons. The van der Waals surface area contributed by atoms with Crippen LogP contribution in [0.1, 0.15) is 0 Å². The molecule has 7 nitrogen and oxygen atoms in total. The average molecular weight is 438 g/mol. The first kappa shape index (κ1) is 19.3. The van der Waals surface area contributed by atoms with Crippen molar-refractivity contribution < 1.29 is 14.6 Å². The molecule has 2 aromatic heterocycles. The van der Waals surface area contributed by atoms with Gasteiger partial charge in [-0.1, -0.05) is 15.9 Å². The molecule has 0 bridgehead atoms. The summed E-state index contributed by atoms with van der Waals surface area (Å²) in [5.74, 6) is -0.551. The lowest BCUT2D eigenvalue weighted by Gasteiger charge is -2.15. The first-order chi connectivity index (χ1) is 12.8. The summed E-state index contributed by atoms with van der Waals surface area (Å²) in [6.45, 7) is -0.604. The number of nitrogens with one attached hydrogen (secondary N) is 1. The molecule has 27 heavy (non-hydrogen) atoms. The van der Waals surface area contributed by atoms with Gasteiger partial charge >= 0.3 is 0 Å². The van der Waals surface area contributed by atoms with Gasteiger partial charge in [0, 0.05) is 23.8 Å². The standard InChI is InChI=1S/C18H17BrFN3O4/c1-22-15-4-5-23(8-11(25)9-24)18(27)17(15)14(7-16(22)26)21-13-3-2-10(19)6-12(13)20/h2-7,11,21,24-25H,8-9H2,1H3/t11-/m1/s1. The van der Waals surface area contributed by atoms with Crippen molar-refractivity contribution in [3.05, 3.63) is 67.5 Å². The van der Waals surface area contributed by atoms with Crippen LogP contribution in [0.25, 0.3) is 10.9 Å². The maximum Gasteiger partial charge on any atom is 0.262 e. The van der Waals surface area contributed by atoms with Crippen LogP contribution in [-0.2, 0) is 13.6 Å². The molecule has 1 atom stereocenters. The summed E-state index contributed by atoms with van der Waals surface area (Å²) < 4.78 is 17.3. The van der Waals surface area contributed by atoms with Crippen LogP contribution in [0, 0.1) is 5.82 Å². The predicted molar refractivity (Wildman–Crippen MR) is 104 cm³/mol. The first-order valence-electron chi connectivity index (χ1n) is 8.06. The van der Waals surface area contributed by atoms with Gasteiger partial charge in [0.1, 0.15) is 5.82 Å². The number of aromatic nitrogens is 2. The highest BCUT2D eigenvalue weighted by Crippen LogP contribution is 2.26. The van der Waals surface area contributed by atoms with Crippen molar-refractivity contribution in [3.63, 3.8) is 0 Å². The zero-order chi connectivity index (χ0) is 19.7. The molecule has 0 aliphatic carbocycles. The normalized spacial score (nSPS) is 12.3. The molecule has 0 aliphatic rings. The van der Waals surface area contributed by atoms with E-state index in [4.69, 9.17) is 5.11 Å². The summed E-state index contributed by atoms with van der Waals surface area (Å²) in [5.41, 5.74) is -0.210. The highest BCUT2D eigenvalue weighted by atomic mass is 79.9. The molecule has 1 aromatic carbocycles. The second kappa shape index (κ2) is 7.63. The molecule has 3 aromatic rings. The lowest BCUT2D eigenvalue weighted by molar-refractivity contribution is 0.0805. The van der Waals surface area contributed by atoms with E-state index in [1.54, 1.807) is 12.1 Å². The van der Waals surface area contributed by atoms with Gasteiger partial charge in [0.25, 0.3) is 11.1 Å². The Bertz CT molecular complexity index is 1130. The number of aliphatic hydroxyl groups is 2.